The number of benzene rings is 2. The second-order valence-corrected chi connectivity index (χ2v) is 8.25. The number of anilines is 1. The Morgan fingerprint density at radius 1 is 1.14 bits per heavy atom. The number of nitrogens with zero attached hydrogens (tertiary/aromatic N) is 3. The Balaban J connectivity index is 1.83. The largest absolute Gasteiger partial charge is 0.450 e. The van der Waals surface area contributed by atoms with E-state index in [2.05, 4.69) is 26.1 Å². The number of carbonyl (C=O) groups is 1. The van der Waals surface area contributed by atoms with E-state index >= 15 is 0 Å². The van der Waals surface area contributed by atoms with E-state index in [4.69, 9.17) is 4.42 Å². The Hall–Kier alpha value is -2.84. The van der Waals surface area contributed by atoms with Crippen molar-refractivity contribution in [1.29, 1.82) is 0 Å². The fourth-order valence-corrected chi connectivity index (χ4v) is 4.42. The van der Waals surface area contributed by atoms with Crippen LogP contribution in [0.2, 0.25) is 0 Å². The molecule has 1 atom stereocenters. The van der Waals surface area contributed by atoms with E-state index in [-0.39, 0.29) is 17.1 Å². The fourth-order valence-electron chi connectivity index (χ4n) is 3.48. The van der Waals surface area contributed by atoms with Gasteiger partial charge in [-0.3, -0.25) is 14.5 Å². The molecule has 2 aromatic heterocycles. The van der Waals surface area contributed by atoms with Crippen LogP contribution in [-0.2, 0) is 0 Å². The van der Waals surface area contributed by atoms with Crippen LogP contribution in [0.3, 0.4) is 0 Å². The molecule has 0 fully saturated rings. The number of halogens is 1. The molecule has 4 aromatic rings. The van der Waals surface area contributed by atoms with E-state index in [9.17, 15) is 9.59 Å². The third-order valence-corrected chi connectivity index (χ3v) is 5.96. The summed E-state index contributed by atoms with van der Waals surface area (Å²) in [6.07, 6.45) is 0. The molecule has 0 N–H and O–H groups in total. The van der Waals surface area contributed by atoms with Crippen molar-refractivity contribution >= 4 is 49.3 Å². The Morgan fingerprint density at radius 2 is 1.93 bits per heavy atom. The molecule has 1 unspecified atom stereocenters. The van der Waals surface area contributed by atoms with Gasteiger partial charge in [0, 0.05) is 4.47 Å². The lowest BCUT2D eigenvalue weighted by atomic mass is 9.98. The number of aryl methyl sites for hydroxylation is 1. The molecule has 28 heavy (non-hydrogen) atoms. The average molecular weight is 454 g/mol. The number of hydrogen-bond acceptors (Lipinski definition) is 6. The Bertz CT molecular complexity index is 1280. The van der Waals surface area contributed by atoms with Gasteiger partial charge in [0.25, 0.3) is 5.91 Å². The summed E-state index contributed by atoms with van der Waals surface area (Å²) in [4.78, 5) is 28.1. The standard InChI is InChI=1S/C20H12BrN3O3S/c1-10-2-4-11(5-3-10)16-15-17(25)13-8-12(21)6-7-14(13)27-18(15)19(26)24(16)20-23-22-9-28-20/h2-9,16H,1H3. The molecule has 8 heteroatoms. The maximum atomic E-state index is 13.4. The second kappa shape index (κ2) is 6.35. The molecule has 0 bridgehead atoms. The summed E-state index contributed by atoms with van der Waals surface area (Å²) in [5.41, 5.74) is 3.95. The fraction of sp³-hybridized carbons (Fsp3) is 0.100. The van der Waals surface area contributed by atoms with E-state index in [1.54, 1.807) is 23.7 Å². The molecule has 0 saturated carbocycles. The third-order valence-electron chi connectivity index (χ3n) is 4.78. The van der Waals surface area contributed by atoms with Crippen molar-refractivity contribution in [3.05, 3.63) is 85.1 Å². The van der Waals surface area contributed by atoms with E-state index in [1.165, 1.54) is 16.2 Å². The lowest BCUT2D eigenvalue weighted by molar-refractivity contribution is 0.0970. The molecule has 6 nitrogen and oxygen atoms in total. The minimum Gasteiger partial charge on any atom is -0.450 e. The zero-order valence-electron chi connectivity index (χ0n) is 14.5. The van der Waals surface area contributed by atoms with Gasteiger partial charge < -0.3 is 4.42 Å². The predicted molar refractivity (Wildman–Crippen MR) is 110 cm³/mol. The van der Waals surface area contributed by atoms with Crippen LogP contribution in [-0.4, -0.2) is 16.1 Å². The molecule has 0 spiro atoms. The first kappa shape index (κ1) is 17.3. The van der Waals surface area contributed by atoms with Gasteiger partial charge in [-0.1, -0.05) is 57.1 Å². The van der Waals surface area contributed by atoms with Gasteiger partial charge in [-0.25, -0.2) is 0 Å². The third kappa shape index (κ3) is 2.52. The minimum atomic E-state index is -0.615. The topological polar surface area (TPSA) is 76.3 Å². The van der Waals surface area contributed by atoms with Crippen LogP contribution in [0.4, 0.5) is 5.13 Å². The summed E-state index contributed by atoms with van der Waals surface area (Å²) in [5, 5.41) is 8.77. The summed E-state index contributed by atoms with van der Waals surface area (Å²) in [6, 6.07) is 12.3. The second-order valence-electron chi connectivity index (χ2n) is 6.52. The Morgan fingerprint density at radius 3 is 2.64 bits per heavy atom. The first-order chi connectivity index (χ1) is 13.5. The highest BCUT2D eigenvalue weighted by Crippen LogP contribution is 2.41. The molecule has 1 aliphatic heterocycles. The summed E-state index contributed by atoms with van der Waals surface area (Å²) < 4.78 is 6.67. The number of hydrogen-bond donors (Lipinski definition) is 0. The molecule has 1 aliphatic rings. The maximum absolute atomic E-state index is 13.4. The van der Waals surface area contributed by atoms with Gasteiger partial charge in [0.1, 0.15) is 11.1 Å². The van der Waals surface area contributed by atoms with Crippen LogP contribution in [0.15, 0.2) is 61.7 Å². The van der Waals surface area contributed by atoms with E-state index in [1.807, 2.05) is 31.2 Å². The van der Waals surface area contributed by atoms with Crippen LogP contribution in [0.25, 0.3) is 11.0 Å². The average Bonchev–Trinajstić information content (AvgIpc) is 3.30. The summed E-state index contributed by atoms with van der Waals surface area (Å²) in [7, 11) is 0. The minimum absolute atomic E-state index is 0.0561. The van der Waals surface area contributed by atoms with Gasteiger partial charge in [0.15, 0.2) is 5.43 Å². The SMILES string of the molecule is Cc1ccc(C2c3c(oc4ccc(Br)cc4c3=O)C(=O)N2c2nncs2)cc1. The number of aromatic nitrogens is 2. The molecule has 0 saturated heterocycles. The zero-order chi connectivity index (χ0) is 19.4. The van der Waals surface area contributed by atoms with Crippen molar-refractivity contribution in [1.82, 2.24) is 10.2 Å². The number of rotatable bonds is 2. The molecule has 1 amide bonds. The van der Waals surface area contributed by atoms with Gasteiger partial charge in [0.05, 0.1) is 17.0 Å². The molecule has 5 rings (SSSR count). The highest BCUT2D eigenvalue weighted by molar-refractivity contribution is 9.10. The predicted octanol–water partition coefficient (Wildman–Crippen LogP) is 4.47. The van der Waals surface area contributed by atoms with Crippen molar-refractivity contribution in [3.8, 4) is 0 Å². The van der Waals surface area contributed by atoms with E-state index in [0.29, 0.717) is 21.7 Å². The van der Waals surface area contributed by atoms with Gasteiger partial charge in [-0.15, -0.1) is 10.2 Å². The van der Waals surface area contributed by atoms with Crippen LogP contribution in [0.5, 0.6) is 0 Å². The smallest absolute Gasteiger partial charge is 0.297 e. The van der Waals surface area contributed by atoms with Gasteiger partial charge in [0.2, 0.25) is 10.9 Å². The van der Waals surface area contributed by atoms with Crippen LogP contribution >= 0.6 is 27.3 Å². The van der Waals surface area contributed by atoms with Crippen LogP contribution < -0.4 is 10.3 Å². The zero-order valence-corrected chi connectivity index (χ0v) is 17.0. The normalized spacial score (nSPS) is 16.0. The molecule has 138 valence electrons. The van der Waals surface area contributed by atoms with Crippen molar-refractivity contribution in [3.63, 3.8) is 0 Å². The monoisotopic (exact) mass is 453 g/mol. The van der Waals surface area contributed by atoms with Gasteiger partial charge >= 0.3 is 0 Å². The molecule has 2 aromatic carbocycles. The van der Waals surface area contributed by atoms with Crippen LogP contribution in [0, 0.1) is 6.92 Å². The molecule has 0 aliphatic carbocycles. The van der Waals surface area contributed by atoms with Crippen molar-refractivity contribution in [2.75, 3.05) is 4.90 Å². The number of fused-ring (bicyclic) bond motifs is 2. The summed E-state index contributed by atoms with van der Waals surface area (Å²) in [6.45, 7) is 1.99. The van der Waals surface area contributed by atoms with Gasteiger partial charge in [-0.2, -0.15) is 0 Å². The highest BCUT2D eigenvalue weighted by Gasteiger charge is 2.44. The molecule has 3 heterocycles. The lowest BCUT2D eigenvalue weighted by Crippen LogP contribution is -2.29. The Kier molecular flexibility index (Phi) is 3.92. The van der Waals surface area contributed by atoms with E-state index in [0.717, 1.165) is 15.6 Å². The summed E-state index contributed by atoms with van der Waals surface area (Å²) in [5.74, 6) is -0.333. The van der Waals surface area contributed by atoms with Crippen LogP contribution in [0.1, 0.15) is 33.3 Å². The molecular formula is C20H12BrN3O3S. The quantitative estimate of drug-likeness (QED) is 0.447. The van der Waals surface area contributed by atoms with Gasteiger partial charge in [-0.05, 0) is 30.7 Å². The molecule has 0 radical (unpaired) electrons. The molecular weight excluding hydrogens is 442 g/mol. The van der Waals surface area contributed by atoms with Crippen molar-refractivity contribution in [2.24, 2.45) is 0 Å². The first-order valence-corrected chi connectivity index (χ1v) is 10.1. The first-order valence-electron chi connectivity index (χ1n) is 8.47. The van der Waals surface area contributed by atoms with Crippen molar-refractivity contribution in [2.45, 2.75) is 13.0 Å². The highest BCUT2D eigenvalue weighted by atomic mass is 79.9. The lowest BCUT2D eigenvalue weighted by Gasteiger charge is -2.22. The van der Waals surface area contributed by atoms with Crippen molar-refractivity contribution < 1.29 is 9.21 Å². The Labute approximate surface area is 171 Å². The number of carbonyl (C=O) groups excluding carboxylic acids is 1. The maximum Gasteiger partial charge on any atom is 0.297 e. The van der Waals surface area contributed by atoms with E-state index < -0.39 is 6.04 Å². The summed E-state index contributed by atoms with van der Waals surface area (Å²) >= 11 is 4.64. The number of amides is 1.